The Kier molecular flexibility index (Phi) is 2.43. The zero-order valence-electron chi connectivity index (χ0n) is 7.81. The molecule has 1 rings (SSSR count). The minimum absolute atomic E-state index is 1.47. The molecule has 1 heteroatoms. The quantitative estimate of drug-likeness (QED) is 0.623. The molecule has 0 spiro atoms. The normalized spacial score (nSPS) is 11.6. The summed E-state index contributed by atoms with van der Waals surface area (Å²) in [5, 5.41) is 0. The van der Waals surface area contributed by atoms with Crippen LogP contribution in [0.1, 0.15) is 5.56 Å². The molecule has 0 unspecified atom stereocenters. The summed E-state index contributed by atoms with van der Waals surface area (Å²) < 4.78 is 1.63. The number of hydrogen-bond acceptors (Lipinski definition) is 0. The molecular formula is C10H16Ge. The van der Waals surface area contributed by atoms with Crippen molar-refractivity contribution >= 4 is 17.7 Å². The summed E-state index contributed by atoms with van der Waals surface area (Å²) in [5.41, 5.74) is 1.47. The molecule has 0 fully saturated rings. The molecule has 0 aromatic heterocycles. The molecule has 0 aliphatic carbocycles. The van der Waals surface area contributed by atoms with Crippen LogP contribution in [-0.2, 0) is 0 Å². The van der Waals surface area contributed by atoms with Crippen LogP contribution < -0.4 is 4.40 Å². The summed E-state index contributed by atoms with van der Waals surface area (Å²) in [4.78, 5) is 0. The van der Waals surface area contributed by atoms with Crippen molar-refractivity contribution < 1.29 is 0 Å². The van der Waals surface area contributed by atoms with Gasteiger partial charge in [-0.05, 0) is 0 Å². The molecular weight excluding hydrogens is 193 g/mol. The van der Waals surface area contributed by atoms with Crippen LogP contribution in [0.5, 0.6) is 0 Å². The summed E-state index contributed by atoms with van der Waals surface area (Å²) in [6, 6.07) is 8.77. The Morgan fingerprint density at radius 1 is 1.00 bits per heavy atom. The first kappa shape index (κ1) is 8.86. The first-order chi connectivity index (χ1) is 5.02. The summed E-state index contributed by atoms with van der Waals surface area (Å²) in [6.45, 7) is 2.21. The molecule has 1 aromatic carbocycles. The molecule has 0 saturated carbocycles. The monoisotopic (exact) mass is 210 g/mol. The average molecular weight is 209 g/mol. The van der Waals surface area contributed by atoms with Crippen molar-refractivity contribution in [1.29, 1.82) is 0 Å². The van der Waals surface area contributed by atoms with E-state index >= 15 is 0 Å². The number of benzene rings is 1. The van der Waals surface area contributed by atoms with Gasteiger partial charge in [-0.2, -0.15) is 0 Å². The Balaban J connectivity index is 3.14. The van der Waals surface area contributed by atoms with E-state index in [-0.39, 0.29) is 0 Å². The molecule has 0 amide bonds. The zero-order valence-corrected chi connectivity index (χ0v) is 9.91. The van der Waals surface area contributed by atoms with Crippen LogP contribution >= 0.6 is 0 Å². The predicted octanol–water partition coefficient (Wildman–Crippen LogP) is 2.54. The van der Waals surface area contributed by atoms with Crippen LogP contribution in [0.25, 0.3) is 0 Å². The van der Waals surface area contributed by atoms with Crippen LogP contribution in [0.4, 0.5) is 0 Å². The van der Waals surface area contributed by atoms with Gasteiger partial charge < -0.3 is 0 Å². The van der Waals surface area contributed by atoms with E-state index in [9.17, 15) is 0 Å². The maximum absolute atomic E-state index is 2.43. The van der Waals surface area contributed by atoms with Gasteiger partial charge in [-0.1, -0.05) is 0 Å². The van der Waals surface area contributed by atoms with Crippen molar-refractivity contribution in [3.05, 3.63) is 29.8 Å². The Labute approximate surface area is 72.0 Å². The minimum atomic E-state index is -1.55. The van der Waals surface area contributed by atoms with E-state index in [0.717, 1.165) is 0 Å². The van der Waals surface area contributed by atoms with Gasteiger partial charge in [0, 0.05) is 0 Å². The van der Waals surface area contributed by atoms with E-state index < -0.39 is 13.3 Å². The second-order valence-electron chi connectivity index (χ2n) is 4.06. The van der Waals surface area contributed by atoms with E-state index in [2.05, 4.69) is 48.5 Å². The number of hydrogen-bond donors (Lipinski definition) is 0. The average Bonchev–Trinajstić information content (AvgIpc) is 1.86. The van der Waals surface area contributed by atoms with Gasteiger partial charge in [0.05, 0.1) is 0 Å². The van der Waals surface area contributed by atoms with Crippen molar-refractivity contribution in [3.63, 3.8) is 0 Å². The SMILES string of the molecule is Cc1cccc[c]1[Ge]([CH3])([CH3])[CH3]. The van der Waals surface area contributed by atoms with Gasteiger partial charge in [0.2, 0.25) is 0 Å². The van der Waals surface area contributed by atoms with E-state index in [0.29, 0.717) is 0 Å². The van der Waals surface area contributed by atoms with Crippen molar-refractivity contribution in [2.75, 3.05) is 0 Å². The first-order valence-electron chi connectivity index (χ1n) is 4.08. The fourth-order valence-corrected chi connectivity index (χ4v) is 5.32. The van der Waals surface area contributed by atoms with Crippen LogP contribution in [0, 0.1) is 6.92 Å². The second-order valence-corrected chi connectivity index (χ2v) is 14.6. The third kappa shape index (κ3) is 2.09. The Bertz CT molecular complexity index is 245. The van der Waals surface area contributed by atoms with Crippen molar-refractivity contribution in [1.82, 2.24) is 0 Å². The molecule has 60 valence electrons. The van der Waals surface area contributed by atoms with Gasteiger partial charge in [-0.3, -0.25) is 0 Å². The van der Waals surface area contributed by atoms with Gasteiger partial charge >= 0.3 is 71.7 Å². The van der Waals surface area contributed by atoms with E-state index in [4.69, 9.17) is 0 Å². The third-order valence-electron chi connectivity index (χ3n) is 1.95. The standard InChI is InChI=1S/C10H16Ge/c1-9-7-5-6-8-10(9)11(2,3)4/h5-8H,1-4H3. The summed E-state index contributed by atoms with van der Waals surface area (Å²) in [6.07, 6.45) is 0. The van der Waals surface area contributed by atoms with Gasteiger partial charge in [0.25, 0.3) is 0 Å². The summed E-state index contributed by atoms with van der Waals surface area (Å²) >= 11 is -1.55. The van der Waals surface area contributed by atoms with Crippen LogP contribution in [0.2, 0.25) is 17.3 Å². The summed E-state index contributed by atoms with van der Waals surface area (Å²) in [5.74, 6) is 7.30. The Morgan fingerprint density at radius 3 is 1.91 bits per heavy atom. The number of rotatable bonds is 1. The van der Waals surface area contributed by atoms with Crippen molar-refractivity contribution in [3.8, 4) is 0 Å². The van der Waals surface area contributed by atoms with E-state index in [1.165, 1.54) is 5.56 Å². The Hall–Kier alpha value is -0.237. The predicted molar refractivity (Wildman–Crippen MR) is 54.2 cm³/mol. The first-order valence-corrected chi connectivity index (χ1v) is 11.4. The molecule has 0 heterocycles. The molecule has 0 aliphatic rings. The van der Waals surface area contributed by atoms with Crippen LogP contribution in [0.3, 0.4) is 0 Å². The van der Waals surface area contributed by atoms with Gasteiger partial charge in [-0.15, -0.1) is 0 Å². The Morgan fingerprint density at radius 2 is 1.55 bits per heavy atom. The van der Waals surface area contributed by atoms with Crippen LogP contribution in [0.15, 0.2) is 24.3 Å². The molecule has 1 aromatic rings. The zero-order chi connectivity index (χ0) is 8.48. The molecule has 11 heavy (non-hydrogen) atoms. The van der Waals surface area contributed by atoms with E-state index in [1.807, 2.05) is 0 Å². The second kappa shape index (κ2) is 3.02. The fraction of sp³-hybridized carbons (Fsp3) is 0.400. The van der Waals surface area contributed by atoms with Crippen molar-refractivity contribution in [2.45, 2.75) is 24.2 Å². The molecule has 0 aliphatic heterocycles. The van der Waals surface area contributed by atoms with Gasteiger partial charge in [-0.25, -0.2) is 0 Å². The molecule has 0 atom stereocenters. The van der Waals surface area contributed by atoms with Gasteiger partial charge in [0.1, 0.15) is 0 Å². The fourth-order valence-electron chi connectivity index (χ4n) is 1.41. The van der Waals surface area contributed by atoms with E-state index in [1.54, 1.807) is 4.40 Å². The maximum atomic E-state index is 2.43. The molecule has 0 radical (unpaired) electrons. The molecule has 0 N–H and O–H groups in total. The summed E-state index contributed by atoms with van der Waals surface area (Å²) in [7, 11) is 0. The topological polar surface area (TPSA) is 0 Å². The van der Waals surface area contributed by atoms with Gasteiger partial charge in [0.15, 0.2) is 0 Å². The number of aryl methyl sites for hydroxylation is 1. The molecule has 0 bridgehead atoms. The molecule has 0 saturated heterocycles. The van der Waals surface area contributed by atoms with Crippen LogP contribution in [-0.4, -0.2) is 13.3 Å². The van der Waals surface area contributed by atoms with Crippen molar-refractivity contribution in [2.24, 2.45) is 0 Å². The third-order valence-corrected chi connectivity index (χ3v) is 6.52. The molecule has 0 nitrogen and oxygen atoms in total.